The van der Waals surface area contributed by atoms with Gasteiger partial charge in [0.25, 0.3) is 0 Å². The number of benzene rings is 13. The summed E-state index contributed by atoms with van der Waals surface area (Å²) < 4.78 is 0. The third-order valence-electron chi connectivity index (χ3n) is 22.5. The molecule has 0 fully saturated rings. The van der Waals surface area contributed by atoms with Gasteiger partial charge in [0.15, 0.2) is 17.5 Å². The Hall–Kier alpha value is -13.5. The van der Waals surface area contributed by atoms with Gasteiger partial charge < -0.3 is 14.7 Å². The van der Waals surface area contributed by atoms with Crippen LogP contribution >= 0.6 is 0 Å². The van der Waals surface area contributed by atoms with Gasteiger partial charge in [-0.1, -0.05) is 255 Å². The zero-order valence-corrected chi connectivity index (χ0v) is 54.9. The molecule has 0 saturated carbocycles. The maximum absolute atomic E-state index is 5.31. The van der Waals surface area contributed by atoms with E-state index >= 15 is 0 Å². The van der Waals surface area contributed by atoms with Crippen molar-refractivity contribution in [2.75, 3.05) is 14.7 Å². The van der Waals surface area contributed by atoms with E-state index in [1.165, 1.54) is 100 Å². The second-order valence-electron chi connectivity index (χ2n) is 27.2. The second kappa shape index (κ2) is 21.3. The molecule has 6 aliphatic rings. The molecule has 3 aromatic heterocycles. The molecule has 0 N–H and O–H groups in total. The molecule has 9 heteroatoms. The standard InChI is InChI=1S/C93H57N9/c1-7-31-70-64(25-1)65-26-2-8-32-71(65)91(70)76-37-13-19-43-82(76)100(83-44-20-14-38-77(83)91)61-52-94-88(95-53-61)58-49-59(89-96-54-62(55-97-89)101-84-45-21-15-39-78(84)92(79-40-16-22-46-85(79)101)72-33-9-3-27-66(72)67-28-4-10-34-73(67)92)51-60(50-58)90-98-56-63(57-99-90)102-86-47-23-17-41-80(86)93(81-42-18-24-48-87(81)102)74-35-11-5-29-68(74)69-30-6-12-36-75(69)93/h1-57H. The van der Waals surface area contributed by atoms with Crippen molar-refractivity contribution in [2.24, 2.45) is 0 Å². The number of fused-ring (bicyclic) bond motifs is 27. The minimum Gasteiger partial charge on any atom is -0.307 e. The van der Waals surface area contributed by atoms with Crippen molar-refractivity contribution in [3.05, 3.63) is 413 Å². The van der Waals surface area contributed by atoms with Crippen molar-refractivity contribution in [1.29, 1.82) is 0 Å². The number of hydrogen-bond acceptors (Lipinski definition) is 9. The Morgan fingerprint density at radius 2 is 0.333 bits per heavy atom. The van der Waals surface area contributed by atoms with Crippen LogP contribution in [0.5, 0.6) is 0 Å². The lowest BCUT2D eigenvalue weighted by Gasteiger charge is -2.44. The van der Waals surface area contributed by atoms with Crippen molar-refractivity contribution in [3.8, 4) is 67.5 Å². The molecule has 16 aromatic rings. The van der Waals surface area contributed by atoms with Gasteiger partial charge in [0.1, 0.15) is 0 Å². The van der Waals surface area contributed by atoms with Crippen molar-refractivity contribution in [1.82, 2.24) is 29.9 Å². The van der Waals surface area contributed by atoms with Gasteiger partial charge in [-0.3, -0.25) is 0 Å². The molecule has 3 aliphatic carbocycles. The van der Waals surface area contributed by atoms with Crippen LogP contribution in [0.4, 0.5) is 51.2 Å². The van der Waals surface area contributed by atoms with Gasteiger partial charge in [-0.15, -0.1) is 0 Å². The predicted molar refractivity (Wildman–Crippen MR) is 406 cm³/mol. The van der Waals surface area contributed by atoms with Gasteiger partial charge >= 0.3 is 0 Å². The third-order valence-corrected chi connectivity index (χ3v) is 22.5. The average Bonchev–Trinajstić information content (AvgIpc) is 1.46. The fraction of sp³-hybridized carbons (Fsp3) is 0.0323. The summed E-state index contributed by atoms with van der Waals surface area (Å²) in [5, 5.41) is 0. The summed E-state index contributed by atoms with van der Waals surface area (Å²) in [7, 11) is 0. The molecular weight excluding hydrogens is 1240 g/mol. The SMILES string of the molecule is c1ccc2c(c1)-c1ccccc1C21c2ccccc2N(c2cnc(-c3cc(-c4ncc(N5c6ccccc6C6(c7ccccc7-c7ccccc76)c6ccccc65)cn4)cc(-c4ncc(N5c6ccccc6C6(c7ccccc7-c7ccccc76)c6ccccc65)cn4)c3)nc2)c2ccccc21. The fourth-order valence-corrected chi connectivity index (χ4v) is 18.8. The number of aromatic nitrogens is 6. The first kappa shape index (κ1) is 56.5. The van der Waals surface area contributed by atoms with Crippen LogP contribution in [-0.2, 0) is 16.2 Å². The van der Waals surface area contributed by atoms with Crippen LogP contribution in [0, 0.1) is 0 Å². The molecular formula is C93H57N9. The van der Waals surface area contributed by atoms with Crippen molar-refractivity contribution in [2.45, 2.75) is 16.2 Å². The van der Waals surface area contributed by atoms with E-state index in [-0.39, 0.29) is 0 Å². The van der Waals surface area contributed by atoms with Crippen LogP contribution < -0.4 is 14.7 Å². The maximum atomic E-state index is 5.31. The van der Waals surface area contributed by atoms with Crippen LogP contribution in [0.1, 0.15) is 66.8 Å². The highest BCUT2D eigenvalue weighted by molar-refractivity contribution is 6.00. The summed E-state index contributed by atoms with van der Waals surface area (Å²) >= 11 is 0. The molecule has 0 saturated heterocycles. The minimum absolute atomic E-state index is 0.528. The Bertz CT molecular complexity index is 5300. The zero-order valence-electron chi connectivity index (χ0n) is 54.9. The number of nitrogens with zero attached hydrogens (tertiary/aromatic N) is 9. The zero-order chi connectivity index (χ0) is 66.8. The fourth-order valence-electron chi connectivity index (χ4n) is 18.8. The number of anilines is 9. The molecule has 0 bridgehead atoms. The van der Waals surface area contributed by atoms with Crippen molar-refractivity contribution >= 4 is 51.2 Å². The van der Waals surface area contributed by atoms with Crippen LogP contribution in [0.2, 0.25) is 0 Å². The average molecular weight is 1300 g/mol. The molecule has 9 nitrogen and oxygen atoms in total. The first-order valence-corrected chi connectivity index (χ1v) is 34.8. The van der Waals surface area contributed by atoms with Gasteiger partial charge in [0.05, 0.1) is 105 Å². The van der Waals surface area contributed by atoms with E-state index in [9.17, 15) is 0 Å². The normalized spacial score (nSPS) is 14.6. The summed E-state index contributed by atoms with van der Waals surface area (Å²) in [6, 6.07) is 113. The van der Waals surface area contributed by atoms with E-state index in [0.29, 0.717) is 17.5 Å². The monoisotopic (exact) mass is 1300 g/mol. The molecule has 13 aromatic carbocycles. The van der Waals surface area contributed by atoms with Crippen LogP contribution in [0.15, 0.2) is 347 Å². The quantitative estimate of drug-likeness (QED) is 0.162. The Morgan fingerprint density at radius 3 is 0.520 bits per heavy atom. The van der Waals surface area contributed by atoms with Crippen LogP contribution in [-0.4, -0.2) is 29.9 Å². The first-order chi connectivity index (χ1) is 50.6. The smallest absolute Gasteiger partial charge is 0.159 e. The second-order valence-corrected chi connectivity index (χ2v) is 27.2. The molecule has 22 rings (SSSR count). The largest absolute Gasteiger partial charge is 0.307 e. The summed E-state index contributed by atoms with van der Waals surface area (Å²) in [6.07, 6.45) is 11.7. The van der Waals surface area contributed by atoms with Crippen molar-refractivity contribution in [3.63, 3.8) is 0 Å². The lowest BCUT2D eigenvalue weighted by atomic mass is 9.64. The molecule has 3 spiro atoms. The topological polar surface area (TPSA) is 87.1 Å². The highest BCUT2D eigenvalue weighted by Crippen LogP contribution is 2.67. The van der Waals surface area contributed by atoms with E-state index in [1.807, 2.05) is 37.2 Å². The highest BCUT2D eigenvalue weighted by Gasteiger charge is 2.55. The van der Waals surface area contributed by atoms with Gasteiger partial charge in [-0.25, -0.2) is 29.9 Å². The van der Waals surface area contributed by atoms with E-state index in [4.69, 9.17) is 29.9 Å². The minimum atomic E-state index is -0.545. The molecule has 0 amide bonds. The molecule has 6 heterocycles. The van der Waals surface area contributed by atoms with Crippen molar-refractivity contribution < 1.29 is 0 Å². The molecule has 0 unspecified atom stereocenters. The third kappa shape index (κ3) is 7.39. The summed E-state index contributed by atoms with van der Waals surface area (Å²) in [6.45, 7) is 0. The summed E-state index contributed by atoms with van der Waals surface area (Å²) in [4.78, 5) is 38.8. The molecule has 474 valence electrons. The molecule has 0 radical (unpaired) electrons. The Morgan fingerprint density at radius 1 is 0.176 bits per heavy atom. The lowest BCUT2D eigenvalue weighted by molar-refractivity contribution is 0.752. The van der Waals surface area contributed by atoms with Gasteiger partial charge in [-0.2, -0.15) is 0 Å². The maximum Gasteiger partial charge on any atom is 0.159 e. The summed E-state index contributed by atoms with van der Waals surface area (Å²) in [5.41, 5.74) is 32.0. The van der Waals surface area contributed by atoms with E-state index in [0.717, 1.165) is 67.9 Å². The van der Waals surface area contributed by atoms with E-state index in [2.05, 4.69) is 324 Å². The molecule has 0 atom stereocenters. The number of rotatable bonds is 6. The summed E-state index contributed by atoms with van der Waals surface area (Å²) in [5.74, 6) is 1.58. The molecule has 3 aliphatic heterocycles. The molecule has 102 heavy (non-hydrogen) atoms. The van der Waals surface area contributed by atoms with Crippen LogP contribution in [0.25, 0.3) is 67.5 Å². The Balaban J connectivity index is 0.674. The predicted octanol–water partition coefficient (Wildman–Crippen LogP) is 21.5. The van der Waals surface area contributed by atoms with Gasteiger partial charge in [-0.05, 0) is 155 Å². The van der Waals surface area contributed by atoms with Crippen LogP contribution in [0.3, 0.4) is 0 Å². The Kier molecular flexibility index (Phi) is 11.8. The Labute approximate surface area is 589 Å². The van der Waals surface area contributed by atoms with Gasteiger partial charge in [0.2, 0.25) is 0 Å². The lowest BCUT2D eigenvalue weighted by Crippen LogP contribution is -2.36. The van der Waals surface area contributed by atoms with E-state index < -0.39 is 16.2 Å². The van der Waals surface area contributed by atoms with E-state index in [1.54, 1.807) is 0 Å². The first-order valence-electron chi connectivity index (χ1n) is 34.8. The highest BCUT2D eigenvalue weighted by atomic mass is 15.2. The number of hydrogen-bond donors (Lipinski definition) is 0. The number of para-hydroxylation sites is 6. The van der Waals surface area contributed by atoms with Gasteiger partial charge in [0, 0.05) is 16.7 Å².